The molecule has 7 aromatic carbocycles. The molecule has 0 aliphatic heterocycles. The normalized spacial score (nSPS) is 11.6. The summed E-state index contributed by atoms with van der Waals surface area (Å²) in [5.74, 6) is 0.214. The van der Waals surface area contributed by atoms with Crippen molar-refractivity contribution in [2.45, 2.75) is 0 Å². The standard InChI is InChI=1S/C42H26N2O/c45-40-12-6-5-11-36(40)39-24-21-29-18-17-28-20-23-38(43-41(28)42(29)44-39)27-15-13-26(14-16-27)30-19-22-35-33-9-2-1-7-31(33)32-8-3-4-10-34(32)37(35)25-30/h1-25,45H. The highest BCUT2D eigenvalue weighted by molar-refractivity contribution is 6.25. The van der Waals surface area contributed by atoms with E-state index >= 15 is 0 Å². The number of benzene rings is 7. The van der Waals surface area contributed by atoms with E-state index < -0.39 is 0 Å². The first-order chi connectivity index (χ1) is 22.2. The molecular formula is C42H26N2O. The Kier molecular flexibility index (Phi) is 5.66. The van der Waals surface area contributed by atoms with E-state index in [1.165, 1.54) is 37.9 Å². The molecule has 0 radical (unpaired) electrons. The lowest BCUT2D eigenvalue weighted by atomic mass is 9.92. The Bertz CT molecular complexity index is 2570. The third-order valence-electron chi connectivity index (χ3n) is 8.96. The van der Waals surface area contributed by atoms with E-state index in [2.05, 4.69) is 115 Å². The van der Waals surface area contributed by atoms with E-state index in [4.69, 9.17) is 9.97 Å². The minimum Gasteiger partial charge on any atom is -0.507 e. The van der Waals surface area contributed by atoms with Crippen LogP contribution in [-0.4, -0.2) is 15.1 Å². The number of fused-ring (bicyclic) bond motifs is 9. The van der Waals surface area contributed by atoms with Crippen LogP contribution in [0.3, 0.4) is 0 Å². The van der Waals surface area contributed by atoms with Gasteiger partial charge in [0.15, 0.2) is 0 Å². The van der Waals surface area contributed by atoms with Gasteiger partial charge in [0, 0.05) is 21.9 Å². The summed E-state index contributed by atoms with van der Waals surface area (Å²) >= 11 is 0. The van der Waals surface area contributed by atoms with Crippen LogP contribution in [0.15, 0.2) is 152 Å². The predicted octanol–water partition coefficient (Wildman–Crippen LogP) is 10.9. The van der Waals surface area contributed by atoms with Gasteiger partial charge < -0.3 is 5.11 Å². The summed E-state index contributed by atoms with van der Waals surface area (Å²) < 4.78 is 0. The third kappa shape index (κ3) is 4.13. The van der Waals surface area contributed by atoms with Gasteiger partial charge in [-0.2, -0.15) is 0 Å². The maximum absolute atomic E-state index is 10.4. The molecule has 0 amide bonds. The summed E-state index contributed by atoms with van der Waals surface area (Å²) in [6, 6.07) is 52.5. The lowest BCUT2D eigenvalue weighted by molar-refractivity contribution is 0.477. The highest BCUT2D eigenvalue weighted by Crippen LogP contribution is 2.38. The Labute approximate surface area is 259 Å². The monoisotopic (exact) mass is 574 g/mol. The number of nitrogens with zero attached hydrogens (tertiary/aromatic N) is 2. The van der Waals surface area contributed by atoms with E-state index in [1.807, 2.05) is 30.3 Å². The van der Waals surface area contributed by atoms with Crippen LogP contribution in [0.2, 0.25) is 0 Å². The second-order valence-corrected chi connectivity index (χ2v) is 11.5. The summed E-state index contributed by atoms with van der Waals surface area (Å²) in [6.07, 6.45) is 0. The second-order valence-electron chi connectivity index (χ2n) is 11.5. The molecule has 0 bridgehead atoms. The first kappa shape index (κ1) is 25.4. The Morgan fingerprint density at radius 3 is 1.47 bits per heavy atom. The number of para-hydroxylation sites is 1. The molecule has 9 rings (SSSR count). The molecule has 3 heteroatoms. The van der Waals surface area contributed by atoms with Gasteiger partial charge in [0.1, 0.15) is 5.75 Å². The average Bonchev–Trinajstić information content (AvgIpc) is 3.11. The molecule has 210 valence electrons. The molecule has 0 saturated carbocycles. The van der Waals surface area contributed by atoms with Crippen LogP contribution in [0.1, 0.15) is 0 Å². The van der Waals surface area contributed by atoms with Crippen LogP contribution in [0, 0.1) is 0 Å². The van der Waals surface area contributed by atoms with E-state index in [-0.39, 0.29) is 5.75 Å². The van der Waals surface area contributed by atoms with Crippen molar-refractivity contribution in [1.82, 2.24) is 9.97 Å². The van der Waals surface area contributed by atoms with Crippen LogP contribution in [-0.2, 0) is 0 Å². The Morgan fingerprint density at radius 1 is 0.356 bits per heavy atom. The fourth-order valence-corrected chi connectivity index (χ4v) is 6.69. The minimum atomic E-state index is 0.214. The number of phenols is 1. The number of hydrogen-bond acceptors (Lipinski definition) is 3. The molecule has 2 aromatic heterocycles. The smallest absolute Gasteiger partial charge is 0.124 e. The number of aromatic hydroxyl groups is 1. The van der Waals surface area contributed by atoms with Crippen molar-refractivity contribution >= 4 is 54.1 Å². The topological polar surface area (TPSA) is 46.0 Å². The van der Waals surface area contributed by atoms with Gasteiger partial charge in [-0.15, -0.1) is 0 Å². The van der Waals surface area contributed by atoms with Crippen LogP contribution in [0.5, 0.6) is 5.75 Å². The molecule has 3 nitrogen and oxygen atoms in total. The zero-order valence-corrected chi connectivity index (χ0v) is 24.3. The van der Waals surface area contributed by atoms with E-state index in [0.717, 1.165) is 44.3 Å². The number of hydrogen-bond donors (Lipinski definition) is 1. The van der Waals surface area contributed by atoms with Gasteiger partial charge in [0.2, 0.25) is 0 Å². The summed E-state index contributed by atoms with van der Waals surface area (Å²) in [5, 5.41) is 20.1. The van der Waals surface area contributed by atoms with Gasteiger partial charge in [0.25, 0.3) is 0 Å². The molecule has 0 saturated heterocycles. The molecular weight excluding hydrogens is 548 g/mol. The lowest BCUT2D eigenvalue weighted by Crippen LogP contribution is -1.91. The Morgan fingerprint density at radius 2 is 0.822 bits per heavy atom. The van der Waals surface area contributed by atoms with Crippen LogP contribution >= 0.6 is 0 Å². The maximum atomic E-state index is 10.4. The van der Waals surface area contributed by atoms with Gasteiger partial charge in [-0.25, -0.2) is 9.97 Å². The zero-order valence-electron chi connectivity index (χ0n) is 24.3. The SMILES string of the molecule is Oc1ccccc1-c1ccc2ccc3ccc(-c4ccc(-c5ccc6c7ccccc7c7ccccc7c6c5)cc4)nc3c2n1. The lowest BCUT2D eigenvalue weighted by Gasteiger charge is -2.12. The molecule has 2 heterocycles. The molecule has 0 spiro atoms. The fraction of sp³-hybridized carbons (Fsp3) is 0. The van der Waals surface area contributed by atoms with Crippen molar-refractivity contribution in [3.05, 3.63) is 152 Å². The molecule has 0 atom stereocenters. The van der Waals surface area contributed by atoms with E-state index in [1.54, 1.807) is 6.07 Å². The van der Waals surface area contributed by atoms with Crippen molar-refractivity contribution < 1.29 is 5.11 Å². The van der Waals surface area contributed by atoms with Crippen molar-refractivity contribution in [1.29, 1.82) is 0 Å². The van der Waals surface area contributed by atoms with Crippen molar-refractivity contribution in [2.75, 3.05) is 0 Å². The van der Waals surface area contributed by atoms with Crippen molar-refractivity contribution in [2.24, 2.45) is 0 Å². The van der Waals surface area contributed by atoms with Crippen LogP contribution < -0.4 is 0 Å². The zero-order chi connectivity index (χ0) is 29.9. The predicted molar refractivity (Wildman–Crippen MR) is 188 cm³/mol. The molecule has 45 heavy (non-hydrogen) atoms. The second kappa shape index (κ2) is 10.0. The average molecular weight is 575 g/mol. The van der Waals surface area contributed by atoms with Gasteiger partial charge in [0.05, 0.1) is 22.4 Å². The van der Waals surface area contributed by atoms with Crippen LogP contribution in [0.25, 0.3) is 87.8 Å². The van der Waals surface area contributed by atoms with Crippen molar-refractivity contribution in [3.8, 4) is 39.4 Å². The van der Waals surface area contributed by atoms with Crippen LogP contribution in [0.4, 0.5) is 0 Å². The van der Waals surface area contributed by atoms with Gasteiger partial charge >= 0.3 is 0 Å². The summed E-state index contributed by atoms with van der Waals surface area (Å²) in [4.78, 5) is 10.1. The highest BCUT2D eigenvalue weighted by Gasteiger charge is 2.12. The molecule has 0 unspecified atom stereocenters. The fourth-order valence-electron chi connectivity index (χ4n) is 6.69. The number of aromatic nitrogens is 2. The number of phenolic OH excluding ortho intramolecular Hbond substituents is 1. The summed E-state index contributed by atoms with van der Waals surface area (Å²) in [6.45, 7) is 0. The summed E-state index contributed by atoms with van der Waals surface area (Å²) in [5.41, 5.74) is 7.39. The molecule has 9 aromatic rings. The van der Waals surface area contributed by atoms with Gasteiger partial charge in [-0.3, -0.25) is 0 Å². The van der Waals surface area contributed by atoms with Gasteiger partial charge in [-0.1, -0.05) is 121 Å². The van der Waals surface area contributed by atoms with Crippen molar-refractivity contribution in [3.63, 3.8) is 0 Å². The van der Waals surface area contributed by atoms with E-state index in [0.29, 0.717) is 5.56 Å². The quantitative estimate of drug-likeness (QED) is 0.214. The molecule has 0 fully saturated rings. The maximum Gasteiger partial charge on any atom is 0.124 e. The molecule has 1 N–H and O–H groups in total. The third-order valence-corrected chi connectivity index (χ3v) is 8.96. The Balaban J connectivity index is 1.13. The first-order valence-electron chi connectivity index (χ1n) is 15.1. The van der Waals surface area contributed by atoms with E-state index in [9.17, 15) is 5.11 Å². The first-order valence-corrected chi connectivity index (χ1v) is 15.1. The Hall–Kier alpha value is -6.06. The molecule has 0 aliphatic rings. The number of rotatable bonds is 3. The number of pyridine rings is 2. The van der Waals surface area contributed by atoms with Gasteiger partial charge in [-0.05, 0) is 73.8 Å². The highest BCUT2D eigenvalue weighted by atomic mass is 16.3. The minimum absolute atomic E-state index is 0.214. The largest absolute Gasteiger partial charge is 0.507 e. The molecule has 0 aliphatic carbocycles. The summed E-state index contributed by atoms with van der Waals surface area (Å²) in [7, 11) is 0.